The van der Waals surface area contributed by atoms with Crippen LogP contribution in [0.5, 0.6) is 0 Å². The fraction of sp³-hybridized carbons (Fsp3) is 0.636. The molecule has 1 aliphatic rings. The predicted molar refractivity (Wildman–Crippen MR) is 122 cm³/mol. The van der Waals surface area contributed by atoms with Gasteiger partial charge < -0.3 is 25.6 Å². The van der Waals surface area contributed by atoms with Crippen molar-refractivity contribution in [3.63, 3.8) is 0 Å². The fourth-order valence-corrected chi connectivity index (χ4v) is 3.96. The van der Waals surface area contributed by atoms with E-state index in [0.717, 1.165) is 12.8 Å². The number of likely N-dealkylation sites (tertiary alicyclic amines) is 1. The normalized spacial score (nSPS) is 16.2. The Bertz CT molecular complexity index is 776. The molecular formula is C22H34N4O5S. The zero-order valence-electron chi connectivity index (χ0n) is 19.1. The number of thiophene rings is 1. The van der Waals surface area contributed by atoms with Crippen LogP contribution in [0.2, 0.25) is 0 Å². The second-order valence-corrected chi connectivity index (χ2v) is 9.68. The lowest BCUT2D eigenvalue weighted by Crippen LogP contribution is -2.46. The number of rotatable bonds is 9. The summed E-state index contributed by atoms with van der Waals surface area (Å²) in [5, 5.41) is 10.1. The number of hydrogen-bond donors (Lipinski definition) is 3. The minimum atomic E-state index is -0.568. The molecule has 0 aliphatic carbocycles. The van der Waals surface area contributed by atoms with E-state index in [0.29, 0.717) is 43.9 Å². The largest absolute Gasteiger partial charge is 0.444 e. The molecule has 1 saturated heterocycles. The molecule has 1 fully saturated rings. The maximum absolute atomic E-state index is 12.5. The number of hydrogen-bond acceptors (Lipinski definition) is 6. The summed E-state index contributed by atoms with van der Waals surface area (Å²) >= 11 is 1.38. The lowest BCUT2D eigenvalue weighted by atomic mass is 9.96. The van der Waals surface area contributed by atoms with Crippen molar-refractivity contribution in [1.29, 1.82) is 0 Å². The van der Waals surface area contributed by atoms with Gasteiger partial charge in [-0.3, -0.25) is 14.4 Å². The maximum atomic E-state index is 12.5. The second-order valence-electron chi connectivity index (χ2n) is 8.74. The highest BCUT2D eigenvalue weighted by Crippen LogP contribution is 2.18. The van der Waals surface area contributed by atoms with Gasteiger partial charge in [0.1, 0.15) is 5.60 Å². The molecule has 1 unspecified atom stereocenters. The number of nitrogens with zero attached hydrogens (tertiary/aromatic N) is 1. The molecule has 0 aromatic carbocycles. The van der Waals surface area contributed by atoms with Crippen molar-refractivity contribution < 1.29 is 23.9 Å². The third kappa shape index (κ3) is 9.25. The van der Waals surface area contributed by atoms with Crippen LogP contribution in [-0.2, 0) is 14.3 Å². The van der Waals surface area contributed by atoms with E-state index in [1.54, 1.807) is 31.7 Å². The third-order valence-electron chi connectivity index (χ3n) is 4.84. The van der Waals surface area contributed by atoms with Gasteiger partial charge in [-0.1, -0.05) is 6.07 Å². The number of ether oxygens (including phenoxy) is 1. The molecule has 2 heterocycles. The number of carbonyl (C=O) groups excluding carboxylic acids is 4. The molecule has 0 radical (unpaired) electrons. The lowest BCUT2D eigenvalue weighted by Gasteiger charge is -2.32. The SMILES string of the molecule is CC(C)(C)OC(=O)NCCNC(=O)C1CCCN(C(=O)CCCNC(=O)c2cccs2)C1. The Kier molecular flexibility index (Phi) is 9.96. The van der Waals surface area contributed by atoms with Gasteiger partial charge in [-0.2, -0.15) is 0 Å². The van der Waals surface area contributed by atoms with Gasteiger partial charge in [-0.25, -0.2) is 4.79 Å². The summed E-state index contributed by atoms with van der Waals surface area (Å²) in [6.45, 7) is 7.39. The van der Waals surface area contributed by atoms with Crippen LogP contribution in [0.1, 0.15) is 56.1 Å². The van der Waals surface area contributed by atoms with Gasteiger partial charge in [-0.15, -0.1) is 11.3 Å². The molecule has 1 aromatic rings. The maximum Gasteiger partial charge on any atom is 0.407 e. The van der Waals surface area contributed by atoms with E-state index in [1.165, 1.54) is 11.3 Å². The van der Waals surface area contributed by atoms with Gasteiger partial charge in [0.05, 0.1) is 10.8 Å². The summed E-state index contributed by atoms with van der Waals surface area (Å²) in [6.07, 6.45) is 1.87. The smallest absolute Gasteiger partial charge is 0.407 e. The van der Waals surface area contributed by atoms with Crippen LogP contribution < -0.4 is 16.0 Å². The van der Waals surface area contributed by atoms with Crippen LogP contribution in [0.25, 0.3) is 0 Å². The summed E-state index contributed by atoms with van der Waals surface area (Å²) in [4.78, 5) is 50.9. The second kappa shape index (κ2) is 12.4. The average Bonchev–Trinajstić information content (AvgIpc) is 3.27. The van der Waals surface area contributed by atoms with Crippen LogP contribution in [-0.4, -0.2) is 67.0 Å². The van der Waals surface area contributed by atoms with Gasteiger partial charge in [-0.05, 0) is 51.5 Å². The van der Waals surface area contributed by atoms with Crippen molar-refractivity contribution in [2.24, 2.45) is 5.92 Å². The first-order chi connectivity index (χ1) is 15.2. The predicted octanol–water partition coefficient (Wildman–Crippen LogP) is 2.14. The molecular weight excluding hydrogens is 432 g/mol. The first kappa shape index (κ1) is 25.6. The van der Waals surface area contributed by atoms with Crippen LogP contribution in [0, 0.1) is 5.92 Å². The summed E-state index contributed by atoms with van der Waals surface area (Å²) in [7, 11) is 0. The van der Waals surface area contributed by atoms with Gasteiger partial charge in [0.25, 0.3) is 5.91 Å². The number of piperidine rings is 1. The molecule has 0 spiro atoms. The monoisotopic (exact) mass is 466 g/mol. The van der Waals surface area contributed by atoms with Crippen LogP contribution >= 0.6 is 11.3 Å². The van der Waals surface area contributed by atoms with E-state index in [2.05, 4.69) is 16.0 Å². The molecule has 0 bridgehead atoms. The molecule has 0 saturated carbocycles. The Balaban J connectivity index is 1.62. The Morgan fingerprint density at radius 1 is 1.12 bits per heavy atom. The van der Waals surface area contributed by atoms with E-state index < -0.39 is 11.7 Å². The van der Waals surface area contributed by atoms with Crippen molar-refractivity contribution >= 4 is 35.2 Å². The Labute approximate surface area is 193 Å². The topological polar surface area (TPSA) is 117 Å². The quantitative estimate of drug-likeness (QED) is 0.482. The molecule has 2 rings (SSSR count). The van der Waals surface area contributed by atoms with E-state index in [4.69, 9.17) is 4.74 Å². The standard InChI is InChI=1S/C22H34N4O5S/c1-22(2,3)31-21(30)25-12-11-24-19(28)16-7-5-13-26(15-16)18(27)9-4-10-23-20(29)17-8-6-14-32-17/h6,8,14,16H,4-5,7,9-13,15H2,1-3H3,(H,23,29)(H,24,28)(H,25,30). The number of amides is 4. The zero-order chi connectivity index (χ0) is 23.6. The van der Waals surface area contributed by atoms with Crippen LogP contribution in [0.15, 0.2) is 17.5 Å². The Morgan fingerprint density at radius 2 is 1.88 bits per heavy atom. The molecule has 32 heavy (non-hydrogen) atoms. The minimum absolute atomic E-state index is 0.000495. The Morgan fingerprint density at radius 3 is 2.56 bits per heavy atom. The summed E-state index contributed by atoms with van der Waals surface area (Å²) in [5.41, 5.74) is -0.568. The van der Waals surface area contributed by atoms with Crippen molar-refractivity contribution in [3.05, 3.63) is 22.4 Å². The zero-order valence-corrected chi connectivity index (χ0v) is 19.9. The first-order valence-corrected chi connectivity index (χ1v) is 11.9. The van der Waals surface area contributed by atoms with Gasteiger partial charge in [0, 0.05) is 39.1 Å². The van der Waals surface area contributed by atoms with Crippen molar-refractivity contribution in [3.8, 4) is 0 Å². The molecule has 9 nitrogen and oxygen atoms in total. The number of alkyl carbamates (subject to hydrolysis) is 1. The number of carbonyl (C=O) groups is 4. The average molecular weight is 467 g/mol. The highest BCUT2D eigenvalue weighted by atomic mass is 32.1. The molecule has 4 amide bonds. The van der Waals surface area contributed by atoms with E-state index in [-0.39, 0.29) is 30.2 Å². The van der Waals surface area contributed by atoms with E-state index in [1.807, 2.05) is 11.4 Å². The van der Waals surface area contributed by atoms with E-state index >= 15 is 0 Å². The molecule has 178 valence electrons. The lowest BCUT2D eigenvalue weighted by molar-refractivity contribution is -0.135. The number of nitrogens with one attached hydrogen (secondary N) is 3. The Hall–Kier alpha value is -2.62. The minimum Gasteiger partial charge on any atom is -0.444 e. The van der Waals surface area contributed by atoms with Crippen LogP contribution in [0.4, 0.5) is 4.79 Å². The highest BCUT2D eigenvalue weighted by molar-refractivity contribution is 7.12. The molecule has 1 aliphatic heterocycles. The van der Waals surface area contributed by atoms with Crippen LogP contribution in [0.3, 0.4) is 0 Å². The van der Waals surface area contributed by atoms with Gasteiger partial charge in [0.15, 0.2) is 0 Å². The molecule has 1 atom stereocenters. The summed E-state index contributed by atoms with van der Waals surface area (Å²) < 4.78 is 5.14. The van der Waals surface area contributed by atoms with E-state index in [9.17, 15) is 19.2 Å². The summed E-state index contributed by atoms with van der Waals surface area (Å²) in [6, 6.07) is 3.58. The molecule has 10 heteroatoms. The van der Waals surface area contributed by atoms with Crippen molar-refractivity contribution in [2.75, 3.05) is 32.7 Å². The summed E-state index contributed by atoms with van der Waals surface area (Å²) in [5.74, 6) is -0.493. The molecule has 3 N–H and O–H groups in total. The third-order valence-corrected chi connectivity index (χ3v) is 5.70. The fourth-order valence-electron chi connectivity index (χ4n) is 3.32. The van der Waals surface area contributed by atoms with Gasteiger partial charge >= 0.3 is 6.09 Å². The highest BCUT2D eigenvalue weighted by Gasteiger charge is 2.28. The first-order valence-electron chi connectivity index (χ1n) is 11.0. The molecule has 1 aromatic heterocycles. The van der Waals surface area contributed by atoms with Gasteiger partial charge in [0.2, 0.25) is 11.8 Å². The van der Waals surface area contributed by atoms with Crippen molar-refractivity contribution in [1.82, 2.24) is 20.9 Å². The van der Waals surface area contributed by atoms with Crippen molar-refractivity contribution in [2.45, 2.75) is 52.1 Å².